The molecule has 0 bridgehead atoms. The molecule has 0 spiro atoms. The number of aliphatic hydroxyl groups excluding tert-OH is 1. The lowest BCUT2D eigenvalue weighted by molar-refractivity contribution is 0.184. The van der Waals surface area contributed by atoms with Gasteiger partial charge in [0.25, 0.3) is 0 Å². The third-order valence-corrected chi connectivity index (χ3v) is 4.79. The van der Waals surface area contributed by atoms with E-state index in [1.54, 1.807) is 24.3 Å². The number of aliphatic hydroxyl groups is 1. The molecule has 1 unspecified atom stereocenters. The third-order valence-electron chi connectivity index (χ3n) is 3.43. The Kier molecular flexibility index (Phi) is 5.54. The lowest BCUT2D eigenvalue weighted by Crippen LogP contribution is -2.27. The highest BCUT2D eigenvalue weighted by Gasteiger charge is 2.17. The highest BCUT2D eigenvalue weighted by molar-refractivity contribution is 7.88. The van der Waals surface area contributed by atoms with Crippen LogP contribution in [0.5, 0.6) is 0 Å². The molecule has 1 heterocycles. The van der Waals surface area contributed by atoms with E-state index in [-0.39, 0.29) is 12.4 Å². The molecule has 1 aliphatic rings. The van der Waals surface area contributed by atoms with Crippen molar-refractivity contribution in [2.75, 3.05) is 19.8 Å². The van der Waals surface area contributed by atoms with Gasteiger partial charge in [0.1, 0.15) is 0 Å². The lowest BCUT2D eigenvalue weighted by atomic mass is 10.1. The second-order valence-corrected chi connectivity index (χ2v) is 6.96. The molecule has 0 radical (unpaired) electrons. The van der Waals surface area contributed by atoms with Crippen molar-refractivity contribution < 1.29 is 18.3 Å². The van der Waals surface area contributed by atoms with Crippen molar-refractivity contribution in [3.8, 4) is 0 Å². The van der Waals surface area contributed by atoms with E-state index in [0.29, 0.717) is 18.0 Å². The van der Waals surface area contributed by atoms with Gasteiger partial charge in [-0.05, 0) is 29.9 Å². The van der Waals surface area contributed by atoms with Gasteiger partial charge in [-0.1, -0.05) is 24.3 Å². The highest BCUT2D eigenvalue weighted by Crippen LogP contribution is 2.15. The molecule has 1 aromatic carbocycles. The van der Waals surface area contributed by atoms with Crippen LogP contribution in [0.3, 0.4) is 0 Å². The van der Waals surface area contributed by atoms with Gasteiger partial charge >= 0.3 is 0 Å². The van der Waals surface area contributed by atoms with Gasteiger partial charge in [-0.3, -0.25) is 0 Å². The van der Waals surface area contributed by atoms with E-state index in [2.05, 4.69) is 4.72 Å². The summed E-state index contributed by atoms with van der Waals surface area (Å²) >= 11 is 0. The minimum Gasteiger partial charge on any atom is -0.392 e. The van der Waals surface area contributed by atoms with Crippen molar-refractivity contribution in [2.24, 2.45) is 5.92 Å². The number of benzene rings is 1. The summed E-state index contributed by atoms with van der Waals surface area (Å²) in [6.07, 6.45) is 1.83. The SMILES string of the molecule is O=S(=O)(Cc1cccc(CO)c1)NCCC1CCOC1. The van der Waals surface area contributed by atoms with Crippen molar-refractivity contribution in [1.29, 1.82) is 0 Å². The van der Waals surface area contributed by atoms with Crippen molar-refractivity contribution in [2.45, 2.75) is 25.2 Å². The second kappa shape index (κ2) is 7.17. The zero-order chi connectivity index (χ0) is 14.4. The molecule has 1 aliphatic heterocycles. The van der Waals surface area contributed by atoms with Crippen LogP contribution in [-0.4, -0.2) is 33.3 Å². The molecule has 0 saturated carbocycles. The van der Waals surface area contributed by atoms with Crippen molar-refractivity contribution >= 4 is 10.0 Å². The fourth-order valence-electron chi connectivity index (χ4n) is 2.32. The fourth-order valence-corrected chi connectivity index (χ4v) is 3.47. The third kappa shape index (κ3) is 4.86. The van der Waals surface area contributed by atoms with Crippen LogP contribution in [0, 0.1) is 5.92 Å². The van der Waals surface area contributed by atoms with Crippen LogP contribution in [0.15, 0.2) is 24.3 Å². The average Bonchev–Trinajstić information content (AvgIpc) is 2.91. The van der Waals surface area contributed by atoms with Gasteiger partial charge in [0.05, 0.1) is 12.4 Å². The second-order valence-electron chi connectivity index (χ2n) is 5.15. The first-order valence-corrected chi connectivity index (χ1v) is 8.48. The highest BCUT2D eigenvalue weighted by atomic mass is 32.2. The first kappa shape index (κ1) is 15.4. The average molecular weight is 299 g/mol. The van der Waals surface area contributed by atoms with Gasteiger partial charge in [0.15, 0.2) is 0 Å². The number of ether oxygens (including phenoxy) is 1. The zero-order valence-corrected chi connectivity index (χ0v) is 12.2. The summed E-state index contributed by atoms with van der Waals surface area (Å²) in [6.45, 7) is 1.89. The monoisotopic (exact) mass is 299 g/mol. The normalized spacial score (nSPS) is 19.4. The van der Waals surface area contributed by atoms with Crippen LogP contribution in [0.2, 0.25) is 0 Å². The maximum atomic E-state index is 12.0. The molecule has 1 fully saturated rings. The molecule has 2 N–H and O–H groups in total. The molecular weight excluding hydrogens is 278 g/mol. The summed E-state index contributed by atoms with van der Waals surface area (Å²) in [4.78, 5) is 0. The minimum absolute atomic E-state index is 0.0536. The Morgan fingerprint density at radius 1 is 1.35 bits per heavy atom. The summed E-state index contributed by atoms with van der Waals surface area (Å²) < 4.78 is 31.8. The topological polar surface area (TPSA) is 75.6 Å². The van der Waals surface area contributed by atoms with Crippen LogP contribution in [-0.2, 0) is 27.1 Å². The van der Waals surface area contributed by atoms with Crippen LogP contribution < -0.4 is 4.72 Å². The maximum absolute atomic E-state index is 12.0. The number of hydrogen-bond acceptors (Lipinski definition) is 4. The smallest absolute Gasteiger partial charge is 0.215 e. The first-order chi connectivity index (χ1) is 9.59. The minimum atomic E-state index is -3.32. The zero-order valence-electron chi connectivity index (χ0n) is 11.4. The van der Waals surface area contributed by atoms with Crippen LogP contribution in [0.1, 0.15) is 24.0 Å². The van der Waals surface area contributed by atoms with E-state index in [1.165, 1.54) is 0 Å². The molecule has 0 aromatic heterocycles. The number of nitrogens with one attached hydrogen (secondary N) is 1. The number of sulfonamides is 1. The summed E-state index contributed by atoms with van der Waals surface area (Å²) in [7, 11) is -3.32. The van der Waals surface area contributed by atoms with Gasteiger partial charge in [0.2, 0.25) is 10.0 Å². The summed E-state index contributed by atoms with van der Waals surface area (Å²) in [6, 6.07) is 6.99. The Hall–Kier alpha value is -0.950. The standard InChI is InChI=1S/C14H21NO4S/c16-9-13-2-1-3-14(8-13)11-20(17,18)15-6-4-12-5-7-19-10-12/h1-3,8,12,15-16H,4-7,9-11H2. The Bertz CT molecular complexity index is 524. The fraction of sp³-hybridized carbons (Fsp3) is 0.571. The Morgan fingerprint density at radius 2 is 2.15 bits per heavy atom. The molecule has 1 aromatic rings. The molecule has 1 atom stereocenters. The molecular formula is C14H21NO4S. The predicted molar refractivity (Wildman–Crippen MR) is 76.5 cm³/mol. The Labute approximate surface area is 120 Å². The predicted octanol–water partition coefficient (Wildman–Crippen LogP) is 1.02. The van der Waals surface area contributed by atoms with E-state index in [4.69, 9.17) is 9.84 Å². The summed E-state index contributed by atoms with van der Waals surface area (Å²) in [5.41, 5.74) is 1.41. The van der Waals surface area contributed by atoms with Crippen LogP contribution in [0.4, 0.5) is 0 Å². The molecule has 6 heteroatoms. The molecule has 0 amide bonds. The van der Waals surface area contributed by atoms with Gasteiger partial charge in [-0.2, -0.15) is 0 Å². The van der Waals surface area contributed by atoms with Crippen molar-refractivity contribution in [3.05, 3.63) is 35.4 Å². The molecule has 0 aliphatic carbocycles. The van der Waals surface area contributed by atoms with Gasteiger partial charge in [-0.15, -0.1) is 0 Å². The summed E-state index contributed by atoms with van der Waals surface area (Å²) in [5, 5.41) is 9.05. The Morgan fingerprint density at radius 3 is 2.85 bits per heavy atom. The molecule has 112 valence electrons. The van der Waals surface area contributed by atoms with E-state index < -0.39 is 10.0 Å². The first-order valence-electron chi connectivity index (χ1n) is 6.83. The van der Waals surface area contributed by atoms with Gasteiger partial charge < -0.3 is 9.84 Å². The van der Waals surface area contributed by atoms with Crippen LogP contribution >= 0.6 is 0 Å². The van der Waals surface area contributed by atoms with E-state index in [0.717, 1.165) is 31.6 Å². The maximum Gasteiger partial charge on any atom is 0.215 e. The largest absolute Gasteiger partial charge is 0.392 e. The molecule has 2 rings (SSSR count). The van der Waals surface area contributed by atoms with Crippen LogP contribution in [0.25, 0.3) is 0 Å². The molecule has 1 saturated heterocycles. The van der Waals surface area contributed by atoms with E-state index in [9.17, 15) is 8.42 Å². The molecule has 20 heavy (non-hydrogen) atoms. The molecule has 5 nitrogen and oxygen atoms in total. The van der Waals surface area contributed by atoms with Gasteiger partial charge in [-0.25, -0.2) is 13.1 Å². The van der Waals surface area contributed by atoms with Crippen molar-refractivity contribution in [1.82, 2.24) is 4.72 Å². The van der Waals surface area contributed by atoms with Gasteiger partial charge in [0, 0.05) is 19.8 Å². The summed E-state index contributed by atoms with van der Waals surface area (Å²) in [5.74, 6) is 0.414. The van der Waals surface area contributed by atoms with E-state index >= 15 is 0 Å². The van der Waals surface area contributed by atoms with E-state index in [1.807, 2.05) is 0 Å². The van der Waals surface area contributed by atoms with Crippen molar-refractivity contribution in [3.63, 3.8) is 0 Å². The lowest BCUT2D eigenvalue weighted by Gasteiger charge is -2.10. The quantitative estimate of drug-likeness (QED) is 0.788. The number of rotatable bonds is 7. The number of hydrogen-bond donors (Lipinski definition) is 2. The Balaban J connectivity index is 1.83.